The third-order valence-corrected chi connectivity index (χ3v) is 3.38. The summed E-state index contributed by atoms with van der Waals surface area (Å²) >= 11 is 0. The second-order valence-electron chi connectivity index (χ2n) is 4.72. The molecule has 2 unspecified atom stereocenters. The molecular weight excluding hydrogens is 266 g/mol. The lowest BCUT2D eigenvalue weighted by Crippen LogP contribution is -2.21. The molecule has 104 valence electrons. The van der Waals surface area contributed by atoms with E-state index in [1.54, 1.807) is 0 Å². The van der Waals surface area contributed by atoms with Crippen LogP contribution in [0.4, 0.5) is 8.78 Å². The second kappa shape index (κ2) is 4.76. The molecule has 0 fully saturated rings. The van der Waals surface area contributed by atoms with Crippen LogP contribution in [0.3, 0.4) is 0 Å². The molecule has 0 saturated carbocycles. The summed E-state index contributed by atoms with van der Waals surface area (Å²) < 4.78 is 33.1. The molecule has 0 amide bonds. The maximum absolute atomic E-state index is 13.8. The number of fused-ring (bicyclic) bond motifs is 1. The standard InChI is InChI=1S/C15H12F2O3/c16-10-2-1-3-11(17)15(10)14-7-12(19)9-6-8(18)4-5-13(9)20-14/h1-6,12,14,18-19H,7H2. The zero-order valence-electron chi connectivity index (χ0n) is 10.4. The summed E-state index contributed by atoms with van der Waals surface area (Å²) in [5.41, 5.74) is 0.225. The summed E-state index contributed by atoms with van der Waals surface area (Å²) in [6, 6.07) is 7.83. The summed E-state index contributed by atoms with van der Waals surface area (Å²) in [7, 11) is 0. The summed E-state index contributed by atoms with van der Waals surface area (Å²) in [6.45, 7) is 0. The van der Waals surface area contributed by atoms with E-state index >= 15 is 0 Å². The van der Waals surface area contributed by atoms with Crippen LogP contribution in [0.1, 0.15) is 29.8 Å². The summed E-state index contributed by atoms with van der Waals surface area (Å²) in [6.07, 6.45) is -1.83. The number of hydrogen-bond acceptors (Lipinski definition) is 3. The molecule has 1 aliphatic rings. The van der Waals surface area contributed by atoms with Gasteiger partial charge in [0.05, 0.1) is 11.7 Å². The van der Waals surface area contributed by atoms with E-state index in [4.69, 9.17) is 4.74 Å². The number of rotatable bonds is 1. The van der Waals surface area contributed by atoms with E-state index in [0.717, 1.165) is 12.1 Å². The van der Waals surface area contributed by atoms with Gasteiger partial charge in [-0.25, -0.2) is 8.78 Å². The van der Waals surface area contributed by atoms with Crippen molar-refractivity contribution in [1.29, 1.82) is 0 Å². The molecule has 1 aliphatic heterocycles. The molecule has 0 spiro atoms. The molecule has 0 radical (unpaired) electrons. The topological polar surface area (TPSA) is 49.7 Å². The number of hydrogen-bond donors (Lipinski definition) is 2. The number of benzene rings is 2. The maximum atomic E-state index is 13.8. The van der Waals surface area contributed by atoms with Gasteiger partial charge in [-0.3, -0.25) is 0 Å². The minimum Gasteiger partial charge on any atom is -0.508 e. The number of halogens is 2. The molecule has 5 heteroatoms. The van der Waals surface area contributed by atoms with Crippen LogP contribution in [-0.4, -0.2) is 10.2 Å². The molecule has 3 rings (SSSR count). The minimum atomic E-state index is -0.949. The average Bonchev–Trinajstić information content (AvgIpc) is 2.39. The Labute approximate surface area is 114 Å². The number of aliphatic hydroxyl groups is 1. The third-order valence-electron chi connectivity index (χ3n) is 3.38. The van der Waals surface area contributed by atoms with Crippen molar-refractivity contribution < 1.29 is 23.7 Å². The van der Waals surface area contributed by atoms with Gasteiger partial charge >= 0.3 is 0 Å². The van der Waals surface area contributed by atoms with Gasteiger partial charge in [0.25, 0.3) is 0 Å². The Hall–Kier alpha value is -2.14. The number of ether oxygens (including phenoxy) is 1. The van der Waals surface area contributed by atoms with Crippen LogP contribution in [0.5, 0.6) is 11.5 Å². The Bertz CT molecular complexity index is 637. The van der Waals surface area contributed by atoms with Gasteiger partial charge in [0.1, 0.15) is 29.2 Å². The summed E-state index contributed by atoms with van der Waals surface area (Å²) in [5, 5.41) is 19.5. The molecule has 20 heavy (non-hydrogen) atoms. The molecular formula is C15H12F2O3. The van der Waals surface area contributed by atoms with Crippen molar-refractivity contribution in [3.8, 4) is 11.5 Å². The highest BCUT2D eigenvalue weighted by Gasteiger charge is 2.31. The number of aromatic hydroxyl groups is 1. The fourth-order valence-corrected chi connectivity index (χ4v) is 2.43. The highest BCUT2D eigenvalue weighted by atomic mass is 19.1. The SMILES string of the molecule is Oc1ccc2c(c1)C(O)CC(c1c(F)cccc1F)O2. The predicted molar refractivity (Wildman–Crippen MR) is 67.4 cm³/mol. The monoisotopic (exact) mass is 278 g/mol. The number of aliphatic hydroxyl groups excluding tert-OH is 1. The average molecular weight is 278 g/mol. The van der Waals surface area contributed by atoms with Crippen LogP contribution >= 0.6 is 0 Å². The van der Waals surface area contributed by atoms with Crippen LogP contribution in [0, 0.1) is 11.6 Å². The van der Waals surface area contributed by atoms with E-state index in [-0.39, 0.29) is 17.7 Å². The summed E-state index contributed by atoms with van der Waals surface area (Å²) in [5.74, 6) is -1.09. The zero-order valence-corrected chi connectivity index (χ0v) is 10.4. The Morgan fingerprint density at radius 1 is 1.10 bits per heavy atom. The molecule has 0 aromatic heterocycles. The lowest BCUT2D eigenvalue weighted by molar-refractivity contribution is 0.0619. The first-order valence-electron chi connectivity index (χ1n) is 6.18. The molecule has 3 nitrogen and oxygen atoms in total. The lowest BCUT2D eigenvalue weighted by atomic mass is 9.94. The normalized spacial score (nSPS) is 21.1. The fourth-order valence-electron chi connectivity index (χ4n) is 2.43. The van der Waals surface area contributed by atoms with Crippen LogP contribution in [-0.2, 0) is 0 Å². The summed E-state index contributed by atoms with van der Waals surface area (Å²) in [4.78, 5) is 0. The van der Waals surface area contributed by atoms with E-state index in [9.17, 15) is 19.0 Å². The van der Waals surface area contributed by atoms with Gasteiger partial charge in [0, 0.05) is 12.0 Å². The third kappa shape index (κ3) is 2.10. The van der Waals surface area contributed by atoms with E-state index in [0.29, 0.717) is 11.3 Å². The highest BCUT2D eigenvalue weighted by molar-refractivity contribution is 5.43. The van der Waals surface area contributed by atoms with Crippen LogP contribution in [0.2, 0.25) is 0 Å². The fraction of sp³-hybridized carbons (Fsp3) is 0.200. The maximum Gasteiger partial charge on any atom is 0.133 e. The van der Waals surface area contributed by atoms with E-state index < -0.39 is 23.8 Å². The van der Waals surface area contributed by atoms with Crippen LogP contribution < -0.4 is 4.74 Å². The molecule has 0 aliphatic carbocycles. The smallest absolute Gasteiger partial charge is 0.133 e. The van der Waals surface area contributed by atoms with Crippen LogP contribution in [0.25, 0.3) is 0 Å². The van der Waals surface area contributed by atoms with Crippen molar-refractivity contribution in [1.82, 2.24) is 0 Å². The van der Waals surface area contributed by atoms with Crippen molar-refractivity contribution in [3.63, 3.8) is 0 Å². The van der Waals surface area contributed by atoms with E-state index in [2.05, 4.69) is 0 Å². The molecule has 0 saturated heterocycles. The molecule has 2 aromatic rings. The first kappa shape index (κ1) is 12.9. The van der Waals surface area contributed by atoms with Gasteiger partial charge in [-0.1, -0.05) is 6.07 Å². The van der Waals surface area contributed by atoms with Crippen molar-refractivity contribution in [2.45, 2.75) is 18.6 Å². The largest absolute Gasteiger partial charge is 0.508 e. The molecule has 0 bridgehead atoms. The lowest BCUT2D eigenvalue weighted by Gasteiger charge is -2.30. The Morgan fingerprint density at radius 2 is 1.80 bits per heavy atom. The second-order valence-corrected chi connectivity index (χ2v) is 4.72. The number of phenolic OH excluding ortho intramolecular Hbond substituents is 1. The minimum absolute atomic E-state index is 0.00178. The van der Waals surface area contributed by atoms with Crippen molar-refractivity contribution in [3.05, 3.63) is 59.2 Å². The Balaban J connectivity index is 2.01. The Kier molecular flexibility index (Phi) is 3.06. The molecule has 2 atom stereocenters. The predicted octanol–water partition coefficient (Wildman–Crippen LogP) is 3.23. The van der Waals surface area contributed by atoms with E-state index in [1.807, 2.05) is 0 Å². The van der Waals surface area contributed by atoms with Gasteiger partial charge in [-0.2, -0.15) is 0 Å². The molecule has 2 N–H and O–H groups in total. The first-order chi connectivity index (χ1) is 9.56. The van der Waals surface area contributed by atoms with Gasteiger partial charge < -0.3 is 14.9 Å². The van der Waals surface area contributed by atoms with Gasteiger partial charge in [-0.05, 0) is 30.3 Å². The van der Waals surface area contributed by atoms with Gasteiger partial charge in [0.15, 0.2) is 0 Å². The zero-order chi connectivity index (χ0) is 14.3. The van der Waals surface area contributed by atoms with Crippen molar-refractivity contribution in [2.24, 2.45) is 0 Å². The van der Waals surface area contributed by atoms with Gasteiger partial charge in [0.2, 0.25) is 0 Å². The van der Waals surface area contributed by atoms with Gasteiger partial charge in [-0.15, -0.1) is 0 Å². The quantitative estimate of drug-likeness (QED) is 0.842. The van der Waals surface area contributed by atoms with E-state index in [1.165, 1.54) is 24.3 Å². The number of phenols is 1. The first-order valence-corrected chi connectivity index (χ1v) is 6.18. The van der Waals surface area contributed by atoms with Crippen LogP contribution in [0.15, 0.2) is 36.4 Å². The van der Waals surface area contributed by atoms with Crippen molar-refractivity contribution >= 4 is 0 Å². The highest BCUT2D eigenvalue weighted by Crippen LogP contribution is 2.43. The molecule has 1 heterocycles. The van der Waals surface area contributed by atoms with Crippen molar-refractivity contribution in [2.75, 3.05) is 0 Å². The molecule has 2 aromatic carbocycles. The Morgan fingerprint density at radius 3 is 2.50 bits per heavy atom.